The molecule has 1 aliphatic heterocycles. The lowest BCUT2D eigenvalue weighted by Crippen LogP contribution is -2.47. The van der Waals surface area contributed by atoms with E-state index in [0.717, 1.165) is 39.0 Å². The fraction of sp³-hybridized carbons (Fsp3) is 0.706. The first-order chi connectivity index (χ1) is 11.2. The highest BCUT2D eigenvalue weighted by Crippen LogP contribution is 2.22. The summed E-state index contributed by atoms with van der Waals surface area (Å²) in [6.45, 7) is 8.60. The summed E-state index contributed by atoms with van der Waals surface area (Å²) >= 11 is 1.70. The Labute approximate surface area is 143 Å². The number of urea groups is 1. The predicted molar refractivity (Wildman–Crippen MR) is 94.8 cm³/mol. The van der Waals surface area contributed by atoms with Crippen LogP contribution in [0, 0.1) is 5.92 Å². The molecule has 1 aromatic rings. The highest BCUT2D eigenvalue weighted by atomic mass is 32.1. The quantitative estimate of drug-likeness (QED) is 0.803. The number of thiophene rings is 1. The van der Waals surface area contributed by atoms with Gasteiger partial charge >= 0.3 is 6.03 Å². The zero-order valence-electron chi connectivity index (χ0n) is 14.2. The Morgan fingerprint density at radius 3 is 2.65 bits per heavy atom. The summed E-state index contributed by atoms with van der Waals surface area (Å²) in [6.07, 6.45) is 1.79. The largest absolute Gasteiger partial charge is 0.396 e. The van der Waals surface area contributed by atoms with Crippen LogP contribution in [0.25, 0.3) is 0 Å². The SMILES string of the molecule is CCN(CC)C(CNC(=O)N1CCC(CO)CC1)c1ccsc1. The van der Waals surface area contributed by atoms with Crippen molar-refractivity contribution in [3.8, 4) is 0 Å². The molecule has 2 rings (SSSR count). The Balaban J connectivity index is 1.89. The van der Waals surface area contributed by atoms with Gasteiger partial charge in [0, 0.05) is 26.2 Å². The molecular formula is C17H29N3O2S. The Hall–Kier alpha value is -1.11. The second-order valence-electron chi connectivity index (χ2n) is 6.09. The van der Waals surface area contributed by atoms with E-state index in [2.05, 4.69) is 40.9 Å². The van der Waals surface area contributed by atoms with Crippen molar-refractivity contribution >= 4 is 17.4 Å². The van der Waals surface area contributed by atoms with Crippen molar-refractivity contribution in [2.45, 2.75) is 32.7 Å². The zero-order valence-corrected chi connectivity index (χ0v) is 15.0. The highest BCUT2D eigenvalue weighted by Gasteiger charge is 2.24. The number of likely N-dealkylation sites (N-methyl/N-ethyl adjacent to an activating group) is 1. The Bertz CT molecular complexity index is 454. The lowest BCUT2D eigenvalue weighted by Gasteiger charge is -2.33. The van der Waals surface area contributed by atoms with Crippen LogP contribution in [0.15, 0.2) is 16.8 Å². The minimum atomic E-state index is 0.0220. The van der Waals surface area contributed by atoms with Crippen molar-refractivity contribution in [2.75, 3.05) is 39.3 Å². The number of piperidine rings is 1. The van der Waals surface area contributed by atoms with E-state index >= 15 is 0 Å². The van der Waals surface area contributed by atoms with Crippen molar-refractivity contribution in [3.05, 3.63) is 22.4 Å². The molecule has 1 atom stereocenters. The molecule has 2 amide bonds. The molecule has 1 unspecified atom stereocenters. The summed E-state index contributed by atoms with van der Waals surface area (Å²) in [4.78, 5) is 16.7. The number of amides is 2. The Kier molecular flexibility index (Phi) is 7.33. The summed E-state index contributed by atoms with van der Waals surface area (Å²) < 4.78 is 0. The van der Waals surface area contributed by atoms with E-state index in [9.17, 15) is 9.90 Å². The van der Waals surface area contributed by atoms with E-state index < -0.39 is 0 Å². The van der Waals surface area contributed by atoms with Crippen LogP contribution < -0.4 is 5.32 Å². The van der Waals surface area contributed by atoms with Crippen LogP contribution in [0.4, 0.5) is 4.79 Å². The van der Waals surface area contributed by atoms with Gasteiger partial charge in [-0.25, -0.2) is 4.79 Å². The van der Waals surface area contributed by atoms with Gasteiger partial charge in [-0.1, -0.05) is 13.8 Å². The fourth-order valence-corrected chi connectivity index (χ4v) is 3.91. The maximum atomic E-state index is 12.4. The molecule has 1 aliphatic rings. The van der Waals surface area contributed by atoms with Crippen LogP contribution in [-0.2, 0) is 0 Å². The number of likely N-dealkylation sites (tertiary alicyclic amines) is 1. The van der Waals surface area contributed by atoms with E-state index in [-0.39, 0.29) is 18.7 Å². The summed E-state index contributed by atoms with van der Waals surface area (Å²) in [5.74, 6) is 0.355. The molecule has 23 heavy (non-hydrogen) atoms. The topological polar surface area (TPSA) is 55.8 Å². The van der Waals surface area contributed by atoms with Crippen molar-refractivity contribution < 1.29 is 9.90 Å². The van der Waals surface area contributed by atoms with Crippen molar-refractivity contribution in [1.29, 1.82) is 0 Å². The van der Waals surface area contributed by atoms with Gasteiger partial charge < -0.3 is 15.3 Å². The van der Waals surface area contributed by atoms with E-state index in [0.29, 0.717) is 12.5 Å². The van der Waals surface area contributed by atoms with Gasteiger partial charge in [0.15, 0.2) is 0 Å². The molecular weight excluding hydrogens is 310 g/mol. The minimum Gasteiger partial charge on any atom is -0.396 e. The van der Waals surface area contributed by atoms with Crippen LogP contribution in [0.1, 0.15) is 38.3 Å². The number of rotatable bonds is 7. The molecule has 0 spiro atoms. The molecule has 2 N–H and O–H groups in total. The second kappa shape index (κ2) is 9.25. The van der Waals surface area contributed by atoms with Gasteiger partial charge in [-0.05, 0) is 54.2 Å². The normalized spacial score (nSPS) is 17.5. The van der Waals surface area contributed by atoms with Gasteiger partial charge in [0.1, 0.15) is 0 Å². The van der Waals surface area contributed by atoms with Crippen molar-refractivity contribution in [1.82, 2.24) is 15.1 Å². The number of nitrogens with one attached hydrogen (secondary N) is 1. The van der Waals surface area contributed by atoms with Crippen LogP contribution in [0.5, 0.6) is 0 Å². The molecule has 130 valence electrons. The van der Waals surface area contributed by atoms with E-state index in [1.54, 1.807) is 11.3 Å². The van der Waals surface area contributed by atoms with E-state index in [4.69, 9.17) is 0 Å². The van der Waals surface area contributed by atoms with Crippen LogP contribution in [0.2, 0.25) is 0 Å². The number of hydrogen-bond donors (Lipinski definition) is 2. The van der Waals surface area contributed by atoms with Crippen LogP contribution in [-0.4, -0.2) is 60.3 Å². The minimum absolute atomic E-state index is 0.0220. The smallest absolute Gasteiger partial charge is 0.317 e. The fourth-order valence-electron chi connectivity index (χ4n) is 3.20. The molecule has 5 nitrogen and oxygen atoms in total. The lowest BCUT2D eigenvalue weighted by molar-refractivity contribution is 0.134. The van der Waals surface area contributed by atoms with Crippen molar-refractivity contribution in [2.24, 2.45) is 5.92 Å². The number of carbonyl (C=O) groups is 1. The molecule has 0 bridgehead atoms. The standard InChI is InChI=1S/C17H29N3O2S/c1-3-19(4-2)16(15-7-10-23-13-15)11-18-17(22)20-8-5-14(12-21)6-9-20/h7,10,13-14,16,21H,3-6,8-9,11-12H2,1-2H3,(H,18,22). The molecule has 0 radical (unpaired) electrons. The number of hydrogen-bond acceptors (Lipinski definition) is 4. The predicted octanol–water partition coefficient (Wildman–Crippen LogP) is 2.54. The summed E-state index contributed by atoms with van der Waals surface area (Å²) in [5, 5.41) is 16.6. The van der Waals surface area contributed by atoms with Crippen LogP contribution in [0.3, 0.4) is 0 Å². The molecule has 1 aromatic heterocycles. The first-order valence-electron chi connectivity index (χ1n) is 8.59. The number of aliphatic hydroxyl groups is 1. The van der Waals surface area contributed by atoms with Gasteiger partial charge in [0.2, 0.25) is 0 Å². The molecule has 1 saturated heterocycles. The third-order valence-electron chi connectivity index (χ3n) is 4.79. The molecule has 0 aliphatic carbocycles. The van der Waals surface area contributed by atoms with Crippen molar-refractivity contribution in [3.63, 3.8) is 0 Å². The molecule has 2 heterocycles. The monoisotopic (exact) mass is 339 g/mol. The Morgan fingerprint density at radius 1 is 1.43 bits per heavy atom. The molecule has 1 fully saturated rings. The lowest BCUT2D eigenvalue weighted by atomic mass is 9.98. The highest BCUT2D eigenvalue weighted by molar-refractivity contribution is 7.07. The first kappa shape index (κ1) is 18.2. The Morgan fingerprint density at radius 2 is 2.13 bits per heavy atom. The molecule has 0 aromatic carbocycles. The summed E-state index contributed by atoms with van der Waals surface area (Å²) in [6, 6.07) is 2.40. The van der Waals surface area contributed by atoms with Gasteiger partial charge in [0.25, 0.3) is 0 Å². The van der Waals surface area contributed by atoms with Gasteiger partial charge in [-0.15, -0.1) is 0 Å². The summed E-state index contributed by atoms with van der Waals surface area (Å²) in [5.41, 5.74) is 1.28. The average molecular weight is 340 g/mol. The second-order valence-corrected chi connectivity index (χ2v) is 6.87. The number of aliphatic hydroxyl groups excluding tert-OH is 1. The number of nitrogens with zero attached hydrogens (tertiary/aromatic N) is 2. The maximum absolute atomic E-state index is 12.4. The third kappa shape index (κ3) is 4.93. The van der Waals surface area contributed by atoms with Crippen LogP contribution >= 0.6 is 11.3 Å². The first-order valence-corrected chi connectivity index (χ1v) is 9.53. The molecule has 0 saturated carbocycles. The van der Waals surface area contributed by atoms with E-state index in [1.165, 1.54) is 5.56 Å². The zero-order chi connectivity index (χ0) is 16.7. The van der Waals surface area contributed by atoms with Gasteiger partial charge in [-0.3, -0.25) is 4.90 Å². The summed E-state index contributed by atoms with van der Waals surface area (Å²) in [7, 11) is 0. The van der Waals surface area contributed by atoms with Gasteiger partial charge in [-0.2, -0.15) is 11.3 Å². The van der Waals surface area contributed by atoms with E-state index in [1.807, 2.05) is 4.90 Å². The third-order valence-corrected chi connectivity index (χ3v) is 5.49. The maximum Gasteiger partial charge on any atom is 0.317 e. The number of carbonyl (C=O) groups excluding carboxylic acids is 1. The average Bonchev–Trinajstić information content (AvgIpc) is 3.12. The molecule has 6 heteroatoms. The van der Waals surface area contributed by atoms with Gasteiger partial charge in [0.05, 0.1) is 6.04 Å².